The number of carbonyl (C=O) groups is 1. The minimum Gasteiger partial charge on any atom is -0.469 e. The molecule has 1 aromatic heterocycles. The van der Waals surface area contributed by atoms with E-state index in [1.165, 1.54) is 12.7 Å². The first-order valence-corrected chi connectivity index (χ1v) is 6.07. The molecule has 0 spiro atoms. The molecule has 4 nitrogen and oxygen atoms in total. The number of methoxy groups -OCH3 is 1. The summed E-state index contributed by atoms with van der Waals surface area (Å²) in [6.45, 7) is 3.93. The number of hydrogen-bond donors (Lipinski definition) is 0. The predicted octanol–water partition coefficient (Wildman–Crippen LogP) is 2.48. The molecular formula is C15H16N2O2. The highest BCUT2D eigenvalue weighted by atomic mass is 16.5. The fourth-order valence-electron chi connectivity index (χ4n) is 1.86. The predicted molar refractivity (Wildman–Crippen MR) is 72.7 cm³/mol. The van der Waals surface area contributed by atoms with E-state index >= 15 is 0 Å². The molecule has 0 amide bonds. The van der Waals surface area contributed by atoms with Crippen molar-refractivity contribution in [3.8, 4) is 11.3 Å². The summed E-state index contributed by atoms with van der Waals surface area (Å²) in [5.74, 6) is 0.157. The number of hydrogen-bond acceptors (Lipinski definition) is 4. The Labute approximate surface area is 112 Å². The average Bonchev–Trinajstić information content (AvgIpc) is 2.38. The van der Waals surface area contributed by atoms with Crippen LogP contribution in [0.3, 0.4) is 0 Å². The molecule has 0 saturated carbocycles. The lowest BCUT2D eigenvalue weighted by Crippen LogP contribution is -2.09. The van der Waals surface area contributed by atoms with E-state index in [1.54, 1.807) is 0 Å². The lowest BCUT2D eigenvalue weighted by atomic mass is 10.1. The minimum absolute atomic E-state index is 0.0942. The Morgan fingerprint density at radius 1 is 1.21 bits per heavy atom. The van der Waals surface area contributed by atoms with Crippen LogP contribution < -0.4 is 0 Å². The Morgan fingerprint density at radius 3 is 2.68 bits per heavy atom. The molecule has 4 heteroatoms. The Bertz CT molecular complexity index is 609. The van der Waals surface area contributed by atoms with Gasteiger partial charge in [-0.1, -0.05) is 23.8 Å². The van der Waals surface area contributed by atoms with Crippen molar-refractivity contribution < 1.29 is 9.53 Å². The molecule has 0 unspecified atom stereocenters. The van der Waals surface area contributed by atoms with Crippen molar-refractivity contribution in [2.24, 2.45) is 0 Å². The first-order valence-electron chi connectivity index (χ1n) is 6.07. The smallest absolute Gasteiger partial charge is 0.313 e. The summed E-state index contributed by atoms with van der Waals surface area (Å²) in [7, 11) is 1.36. The van der Waals surface area contributed by atoms with Crippen LogP contribution in [0.5, 0.6) is 0 Å². The maximum absolute atomic E-state index is 11.3. The van der Waals surface area contributed by atoms with Gasteiger partial charge in [0.05, 0.1) is 12.8 Å². The third kappa shape index (κ3) is 3.37. The van der Waals surface area contributed by atoms with Crippen molar-refractivity contribution in [2.45, 2.75) is 20.3 Å². The molecule has 0 fully saturated rings. The van der Waals surface area contributed by atoms with Crippen LogP contribution in [-0.4, -0.2) is 23.0 Å². The van der Waals surface area contributed by atoms with E-state index in [9.17, 15) is 4.79 Å². The lowest BCUT2D eigenvalue weighted by molar-refractivity contribution is -0.139. The van der Waals surface area contributed by atoms with Gasteiger partial charge in [0.15, 0.2) is 0 Å². The Balaban J connectivity index is 2.39. The Hall–Kier alpha value is -2.23. The zero-order chi connectivity index (χ0) is 13.8. The van der Waals surface area contributed by atoms with Gasteiger partial charge >= 0.3 is 5.97 Å². The van der Waals surface area contributed by atoms with Crippen LogP contribution in [0.1, 0.15) is 17.1 Å². The molecule has 0 aliphatic rings. The number of benzene rings is 1. The maximum atomic E-state index is 11.3. The second-order valence-corrected chi connectivity index (χ2v) is 4.43. The van der Waals surface area contributed by atoms with Gasteiger partial charge in [0, 0.05) is 11.3 Å². The molecule has 98 valence electrons. The van der Waals surface area contributed by atoms with Crippen molar-refractivity contribution in [3.05, 3.63) is 47.4 Å². The standard InChI is InChI=1S/C15H16N2O2/c1-10-5-4-6-12(7-10)13-8-11(2)16-14(17-13)9-15(18)19-3/h4-8H,9H2,1-3H3. The average molecular weight is 256 g/mol. The highest BCUT2D eigenvalue weighted by molar-refractivity contribution is 5.71. The SMILES string of the molecule is COC(=O)Cc1nc(C)cc(-c2cccc(C)c2)n1. The highest BCUT2D eigenvalue weighted by Crippen LogP contribution is 2.19. The molecule has 0 radical (unpaired) electrons. The van der Waals surface area contributed by atoms with Crippen LogP contribution in [-0.2, 0) is 16.0 Å². The molecule has 19 heavy (non-hydrogen) atoms. The van der Waals surface area contributed by atoms with Crippen LogP contribution in [0, 0.1) is 13.8 Å². The first-order chi connectivity index (χ1) is 9.08. The van der Waals surface area contributed by atoms with Crippen molar-refractivity contribution in [3.63, 3.8) is 0 Å². The zero-order valence-electron chi connectivity index (χ0n) is 11.3. The number of esters is 1. The summed E-state index contributed by atoms with van der Waals surface area (Å²) in [6, 6.07) is 9.99. The third-order valence-corrected chi connectivity index (χ3v) is 2.74. The lowest BCUT2D eigenvalue weighted by Gasteiger charge is -2.06. The normalized spacial score (nSPS) is 10.3. The van der Waals surface area contributed by atoms with Gasteiger partial charge in [0.2, 0.25) is 0 Å². The summed E-state index contributed by atoms with van der Waals surface area (Å²) in [5, 5.41) is 0. The number of nitrogens with zero attached hydrogens (tertiary/aromatic N) is 2. The summed E-state index contributed by atoms with van der Waals surface area (Å²) >= 11 is 0. The molecule has 0 bridgehead atoms. The fraction of sp³-hybridized carbons (Fsp3) is 0.267. The quantitative estimate of drug-likeness (QED) is 0.792. The summed E-state index contributed by atoms with van der Waals surface area (Å²) < 4.78 is 4.64. The van der Waals surface area contributed by atoms with Gasteiger partial charge in [-0.3, -0.25) is 4.79 Å². The van der Waals surface area contributed by atoms with E-state index in [0.717, 1.165) is 17.0 Å². The molecule has 0 N–H and O–H groups in total. The molecule has 0 saturated heterocycles. The van der Waals surface area contributed by atoms with E-state index in [1.807, 2.05) is 38.1 Å². The second kappa shape index (κ2) is 5.61. The molecular weight excluding hydrogens is 240 g/mol. The van der Waals surface area contributed by atoms with Crippen molar-refractivity contribution in [2.75, 3.05) is 7.11 Å². The summed E-state index contributed by atoms with van der Waals surface area (Å²) in [6.07, 6.45) is 0.0942. The zero-order valence-corrected chi connectivity index (χ0v) is 11.3. The van der Waals surface area contributed by atoms with Gasteiger partial charge in [-0.15, -0.1) is 0 Å². The molecule has 0 atom stereocenters. The number of rotatable bonds is 3. The topological polar surface area (TPSA) is 52.1 Å². The first kappa shape index (κ1) is 13.2. The summed E-state index contributed by atoms with van der Waals surface area (Å²) in [5.41, 5.74) is 3.86. The van der Waals surface area contributed by atoms with Gasteiger partial charge in [-0.05, 0) is 26.0 Å². The van der Waals surface area contributed by atoms with Crippen molar-refractivity contribution in [1.82, 2.24) is 9.97 Å². The van der Waals surface area contributed by atoms with Gasteiger partial charge < -0.3 is 4.74 Å². The molecule has 1 heterocycles. The van der Waals surface area contributed by atoms with Crippen LogP contribution in [0.4, 0.5) is 0 Å². The van der Waals surface area contributed by atoms with E-state index < -0.39 is 0 Å². The van der Waals surface area contributed by atoms with Crippen LogP contribution >= 0.6 is 0 Å². The van der Waals surface area contributed by atoms with E-state index in [4.69, 9.17) is 0 Å². The van der Waals surface area contributed by atoms with Gasteiger partial charge in [0.1, 0.15) is 12.2 Å². The summed E-state index contributed by atoms with van der Waals surface area (Å²) in [4.78, 5) is 20.0. The monoisotopic (exact) mass is 256 g/mol. The van der Waals surface area contributed by atoms with Crippen LogP contribution in [0.15, 0.2) is 30.3 Å². The fourth-order valence-corrected chi connectivity index (χ4v) is 1.86. The number of ether oxygens (including phenoxy) is 1. The molecule has 1 aromatic carbocycles. The molecule has 2 rings (SSSR count). The molecule has 0 aliphatic carbocycles. The number of aryl methyl sites for hydroxylation is 2. The number of aromatic nitrogens is 2. The van der Waals surface area contributed by atoms with Gasteiger partial charge in [0.25, 0.3) is 0 Å². The van der Waals surface area contributed by atoms with Crippen LogP contribution in [0.25, 0.3) is 11.3 Å². The van der Waals surface area contributed by atoms with Crippen molar-refractivity contribution >= 4 is 5.97 Å². The van der Waals surface area contributed by atoms with Gasteiger partial charge in [-0.2, -0.15) is 0 Å². The second-order valence-electron chi connectivity index (χ2n) is 4.43. The Kier molecular flexibility index (Phi) is 3.90. The van der Waals surface area contributed by atoms with E-state index in [0.29, 0.717) is 5.82 Å². The number of carbonyl (C=O) groups excluding carboxylic acids is 1. The highest BCUT2D eigenvalue weighted by Gasteiger charge is 2.09. The van der Waals surface area contributed by atoms with Gasteiger partial charge in [-0.25, -0.2) is 9.97 Å². The molecule has 0 aliphatic heterocycles. The largest absolute Gasteiger partial charge is 0.469 e. The Morgan fingerprint density at radius 2 is 2.00 bits per heavy atom. The van der Waals surface area contributed by atoms with E-state index in [-0.39, 0.29) is 12.4 Å². The third-order valence-electron chi connectivity index (χ3n) is 2.74. The van der Waals surface area contributed by atoms with Crippen LogP contribution in [0.2, 0.25) is 0 Å². The van der Waals surface area contributed by atoms with Crippen molar-refractivity contribution in [1.29, 1.82) is 0 Å². The van der Waals surface area contributed by atoms with E-state index in [2.05, 4.69) is 20.8 Å². The maximum Gasteiger partial charge on any atom is 0.313 e. The molecule has 2 aromatic rings. The minimum atomic E-state index is -0.333.